The van der Waals surface area contributed by atoms with Gasteiger partial charge in [0.25, 0.3) is 11.1 Å². The van der Waals surface area contributed by atoms with E-state index in [1.807, 2.05) is 24.3 Å². The number of carbonyl (C=O) groups is 2. The van der Waals surface area contributed by atoms with Gasteiger partial charge < -0.3 is 4.74 Å². The Kier molecular flexibility index (Phi) is 5.17. The number of halogens is 1. The predicted molar refractivity (Wildman–Crippen MR) is 94.2 cm³/mol. The van der Waals surface area contributed by atoms with Gasteiger partial charge in [0, 0.05) is 16.7 Å². The standard InChI is InChI=1S/C15H15IN2O3S/c16-12-4-2-1-3-11(12)9-13-14(19)18(15(20)22-13)10-17-5-7-21-8-6-17/h1-4,9H,5-8,10H2/b13-9-. The van der Waals surface area contributed by atoms with Crippen LogP contribution in [0.1, 0.15) is 5.56 Å². The molecule has 2 aliphatic heterocycles. The summed E-state index contributed by atoms with van der Waals surface area (Å²) in [5, 5.41) is -0.200. The van der Waals surface area contributed by atoms with E-state index in [1.165, 1.54) is 4.90 Å². The molecular formula is C15H15IN2O3S. The lowest BCUT2D eigenvalue weighted by molar-refractivity contribution is -0.125. The van der Waals surface area contributed by atoms with Gasteiger partial charge >= 0.3 is 0 Å². The molecule has 0 aromatic heterocycles. The van der Waals surface area contributed by atoms with Gasteiger partial charge in [-0.05, 0) is 52.1 Å². The molecular weight excluding hydrogens is 415 g/mol. The average Bonchev–Trinajstić information content (AvgIpc) is 2.78. The second kappa shape index (κ2) is 7.12. The normalized spacial score (nSPS) is 21.9. The van der Waals surface area contributed by atoms with E-state index in [9.17, 15) is 9.59 Å². The second-order valence-corrected chi connectivity index (χ2v) is 7.16. The van der Waals surface area contributed by atoms with Crippen molar-refractivity contribution in [1.82, 2.24) is 9.80 Å². The summed E-state index contributed by atoms with van der Waals surface area (Å²) in [5.41, 5.74) is 0.958. The van der Waals surface area contributed by atoms with Crippen molar-refractivity contribution >= 4 is 51.6 Å². The van der Waals surface area contributed by atoms with E-state index in [-0.39, 0.29) is 11.1 Å². The molecule has 2 aliphatic rings. The van der Waals surface area contributed by atoms with Crippen molar-refractivity contribution in [2.24, 2.45) is 0 Å². The van der Waals surface area contributed by atoms with Crippen LogP contribution in [0.3, 0.4) is 0 Å². The zero-order valence-electron chi connectivity index (χ0n) is 11.8. The predicted octanol–water partition coefficient (Wildman–Crippen LogP) is 2.62. The summed E-state index contributed by atoms with van der Waals surface area (Å²) in [7, 11) is 0. The summed E-state index contributed by atoms with van der Waals surface area (Å²) in [6.45, 7) is 3.13. The smallest absolute Gasteiger partial charge is 0.294 e. The van der Waals surface area contributed by atoms with Crippen LogP contribution in [0.4, 0.5) is 4.79 Å². The monoisotopic (exact) mass is 430 g/mol. The van der Waals surface area contributed by atoms with Gasteiger partial charge in [0.15, 0.2) is 0 Å². The molecule has 0 aliphatic carbocycles. The van der Waals surface area contributed by atoms with Crippen LogP contribution in [0.25, 0.3) is 6.08 Å². The van der Waals surface area contributed by atoms with Gasteiger partial charge in [-0.2, -0.15) is 0 Å². The lowest BCUT2D eigenvalue weighted by Crippen LogP contribution is -2.45. The van der Waals surface area contributed by atoms with Crippen LogP contribution in [-0.2, 0) is 9.53 Å². The third-order valence-corrected chi connectivity index (χ3v) is 5.40. The minimum atomic E-state index is -0.207. The van der Waals surface area contributed by atoms with Crippen LogP contribution in [-0.4, -0.2) is 53.9 Å². The molecule has 0 bridgehead atoms. The van der Waals surface area contributed by atoms with E-state index in [0.717, 1.165) is 34.0 Å². The Morgan fingerprint density at radius 1 is 1.23 bits per heavy atom. The summed E-state index contributed by atoms with van der Waals surface area (Å²) in [6, 6.07) is 7.79. The number of nitrogens with zero attached hydrogens (tertiary/aromatic N) is 2. The number of rotatable bonds is 3. The zero-order chi connectivity index (χ0) is 15.5. The number of thioether (sulfide) groups is 1. The highest BCUT2D eigenvalue weighted by molar-refractivity contribution is 14.1. The number of amides is 2. The first-order chi connectivity index (χ1) is 10.6. The SMILES string of the molecule is O=C1S/C(=C\c2ccccc2I)C(=O)N1CN1CCOCC1. The number of imide groups is 1. The fourth-order valence-electron chi connectivity index (χ4n) is 2.30. The first kappa shape index (κ1) is 16.0. The first-order valence-corrected chi connectivity index (χ1v) is 8.84. The van der Waals surface area contributed by atoms with E-state index >= 15 is 0 Å². The largest absolute Gasteiger partial charge is 0.379 e. The van der Waals surface area contributed by atoms with Gasteiger partial charge in [0.05, 0.1) is 24.8 Å². The Bertz CT molecular complexity index is 629. The minimum absolute atomic E-state index is 0.200. The number of morpholine rings is 1. The molecule has 1 aromatic carbocycles. The molecule has 1 aromatic rings. The van der Waals surface area contributed by atoms with E-state index in [2.05, 4.69) is 27.5 Å². The highest BCUT2D eigenvalue weighted by Gasteiger charge is 2.36. The molecule has 5 nitrogen and oxygen atoms in total. The lowest BCUT2D eigenvalue weighted by Gasteiger charge is -2.29. The topological polar surface area (TPSA) is 49.9 Å². The number of carbonyl (C=O) groups excluding carboxylic acids is 2. The maximum atomic E-state index is 12.5. The van der Waals surface area contributed by atoms with Gasteiger partial charge in [-0.1, -0.05) is 18.2 Å². The number of hydrogen-bond donors (Lipinski definition) is 0. The third kappa shape index (κ3) is 3.53. The first-order valence-electron chi connectivity index (χ1n) is 6.95. The number of ether oxygens (including phenoxy) is 1. The second-order valence-electron chi connectivity index (χ2n) is 5.00. The maximum absolute atomic E-state index is 12.5. The molecule has 3 rings (SSSR count). The van der Waals surface area contributed by atoms with Crippen LogP contribution >= 0.6 is 34.4 Å². The van der Waals surface area contributed by atoms with Crippen LogP contribution in [0.5, 0.6) is 0 Å². The van der Waals surface area contributed by atoms with Crippen molar-refractivity contribution in [2.45, 2.75) is 0 Å². The fraction of sp³-hybridized carbons (Fsp3) is 0.333. The van der Waals surface area contributed by atoms with Crippen molar-refractivity contribution in [1.29, 1.82) is 0 Å². The molecule has 116 valence electrons. The molecule has 0 radical (unpaired) electrons. The Hall–Kier alpha value is -0.900. The molecule has 2 heterocycles. The van der Waals surface area contributed by atoms with Gasteiger partial charge in [0.1, 0.15) is 0 Å². The average molecular weight is 430 g/mol. The van der Waals surface area contributed by atoms with Gasteiger partial charge in [-0.15, -0.1) is 0 Å². The number of hydrogen-bond acceptors (Lipinski definition) is 5. The quantitative estimate of drug-likeness (QED) is 0.545. The highest BCUT2D eigenvalue weighted by atomic mass is 127. The Morgan fingerprint density at radius 3 is 2.68 bits per heavy atom. The zero-order valence-corrected chi connectivity index (χ0v) is 14.8. The van der Waals surface area contributed by atoms with E-state index in [1.54, 1.807) is 6.08 Å². The van der Waals surface area contributed by atoms with E-state index < -0.39 is 0 Å². The molecule has 0 unspecified atom stereocenters. The molecule has 0 spiro atoms. The Morgan fingerprint density at radius 2 is 1.95 bits per heavy atom. The molecule has 0 atom stereocenters. The summed E-state index contributed by atoms with van der Waals surface area (Å²) < 4.78 is 6.34. The lowest BCUT2D eigenvalue weighted by atomic mass is 10.2. The van der Waals surface area contributed by atoms with E-state index in [4.69, 9.17) is 4.74 Å². The van der Waals surface area contributed by atoms with E-state index in [0.29, 0.717) is 24.8 Å². The summed E-state index contributed by atoms with van der Waals surface area (Å²) in [6.07, 6.45) is 1.80. The Balaban J connectivity index is 1.75. The molecule has 2 amide bonds. The molecule has 22 heavy (non-hydrogen) atoms. The van der Waals surface area contributed by atoms with Gasteiger partial charge in [-0.3, -0.25) is 19.4 Å². The third-order valence-electron chi connectivity index (χ3n) is 3.51. The van der Waals surface area contributed by atoms with Crippen molar-refractivity contribution in [2.75, 3.05) is 33.0 Å². The van der Waals surface area contributed by atoms with Crippen molar-refractivity contribution in [3.05, 3.63) is 38.3 Å². The highest BCUT2D eigenvalue weighted by Crippen LogP contribution is 2.33. The molecule has 2 saturated heterocycles. The van der Waals surface area contributed by atoms with Crippen LogP contribution in [0.2, 0.25) is 0 Å². The van der Waals surface area contributed by atoms with Crippen LogP contribution < -0.4 is 0 Å². The summed E-state index contributed by atoms with van der Waals surface area (Å²) in [5.74, 6) is -0.207. The summed E-state index contributed by atoms with van der Waals surface area (Å²) >= 11 is 3.23. The minimum Gasteiger partial charge on any atom is -0.379 e. The van der Waals surface area contributed by atoms with Crippen molar-refractivity contribution in [3.8, 4) is 0 Å². The van der Waals surface area contributed by atoms with Crippen molar-refractivity contribution in [3.63, 3.8) is 0 Å². The van der Waals surface area contributed by atoms with Crippen LogP contribution in [0, 0.1) is 3.57 Å². The molecule has 0 N–H and O–H groups in total. The van der Waals surface area contributed by atoms with Crippen LogP contribution in [0.15, 0.2) is 29.2 Å². The maximum Gasteiger partial charge on any atom is 0.294 e. The van der Waals surface area contributed by atoms with Crippen molar-refractivity contribution < 1.29 is 14.3 Å². The molecule has 7 heteroatoms. The number of benzene rings is 1. The molecule has 2 fully saturated rings. The Labute approximate surface area is 146 Å². The fourth-order valence-corrected chi connectivity index (χ4v) is 3.66. The van der Waals surface area contributed by atoms with Gasteiger partial charge in [-0.25, -0.2) is 0 Å². The summed E-state index contributed by atoms with van der Waals surface area (Å²) in [4.78, 5) is 28.4. The molecule has 0 saturated carbocycles. The van der Waals surface area contributed by atoms with Gasteiger partial charge in [0.2, 0.25) is 0 Å².